The van der Waals surface area contributed by atoms with Crippen molar-refractivity contribution in [3.8, 4) is 0 Å². The predicted molar refractivity (Wildman–Crippen MR) is 57.6 cm³/mol. The molecule has 76 valence electrons. The third-order valence-corrected chi connectivity index (χ3v) is 3.12. The zero-order chi connectivity index (χ0) is 9.80. The van der Waals surface area contributed by atoms with Gasteiger partial charge in [0.2, 0.25) is 0 Å². The molecule has 14 heavy (non-hydrogen) atoms. The van der Waals surface area contributed by atoms with E-state index in [1.807, 2.05) is 6.07 Å². The number of alkyl halides is 1. The van der Waals surface area contributed by atoms with Crippen molar-refractivity contribution in [2.75, 3.05) is 5.32 Å². The van der Waals surface area contributed by atoms with E-state index in [0.717, 1.165) is 18.7 Å². The molecule has 1 aromatic heterocycles. The van der Waals surface area contributed by atoms with Crippen molar-refractivity contribution in [3.63, 3.8) is 0 Å². The smallest absolute Gasteiger partial charge is 0.129 e. The third kappa shape index (κ3) is 2.35. The number of rotatable bonds is 2. The molecule has 0 aliphatic heterocycles. The lowest BCUT2D eigenvalue weighted by Crippen LogP contribution is -2.33. The van der Waals surface area contributed by atoms with Crippen molar-refractivity contribution in [2.45, 2.75) is 37.1 Å². The van der Waals surface area contributed by atoms with Gasteiger partial charge in [0.1, 0.15) is 12.1 Å². The van der Waals surface area contributed by atoms with Crippen LogP contribution in [0.4, 0.5) is 5.82 Å². The maximum Gasteiger partial charge on any atom is 0.129 e. The van der Waals surface area contributed by atoms with Gasteiger partial charge in [-0.25, -0.2) is 9.97 Å². The molecule has 3 nitrogen and oxygen atoms in total. The number of hydrogen-bond donors (Lipinski definition) is 1. The largest absolute Gasteiger partial charge is 0.366 e. The van der Waals surface area contributed by atoms with Crippen LogP contribution in [0.25, 0.3) is 0 Å². The third-order valence-electron chi connectivity index (χ3n) is 2.60. The van der Waals surface area contributed by atoms with E-state index in [1.54, 1.807) is 12.5 Å². The van der Waals surface area contributed by atoms with E-state index < -0.39 is 0 Å². The Kier molecular flexibility index (Phi) is 3.19. The van der Waals surface area contributed by atoms with Crippen molar-refractivity contribution in [1.29, 1.82) is 0 Å². The van der Waals surface area contributed by atoms with Gasteiger partial charge in [-0.2, -0.15) is 0 Å². The van der Waals surface area contributed by atoms with Crippen LogP contribution in [0.5, 0.6) is 0 Å². The van der Waals surface area contributed by atoms with E-state index in [4.69, 9.17) is 11.6 Å². The molecule has 1 heterocycles. The SMILES string of the molecule is ClC1CCCCC1Nc1ccncn1. The normalized spacial score (nSPS) is 27.2. The van der Waals surface area contributed by atoms with Gasteiger partial charge in [-0.1, -0.05) is 12.8 Å². The van der Waals surface area contributed by atoms with E-state index in [0.29, 0.717) is 6.04 Å². The van der Waals surface area contributed by atoms with Crippen LogP contribution in [0.2, 0.25) is 0 Å². The minimum Gasteiger partial charge on any atom is -0.366 e. The number of nitrogens with one attached hydrogen (secondary N) is 1. The average Bonchev–Trinajstić information content (AvgIpc) is 2.23. The highest BCUT2D eigenvalue weighted by molar-refractivity contribution is 6.21. The average molecular weight is 212 g/mol. The lowest BCUT2D eigenvalue weighted by Gasteiger charge is -2.28. The van der Waals surface area contributed by atoms with Gasteiger partial charge in [-0.15, -0.1) is 11.6 Å². The van der Waals surface area contributed by atoms with Crippen LogP contribution in [-0.4, -0.2) is 21.4 Å². The molecule has 4 heteroatoms. The van der Waals surface area contributed by atoms with Gasteiger partial charge in [-0.05, 0) is 18.9 Å². The quantitative estimate of drug-likeness (QED) is 0.764. The summed E-state index contributed by atoms with van der Waals surface area (Å²) in [4.78, 5) is 8.00. The first-order chi connectivity index (χ1) is 6.86. The standard InChI is InChI=1S/C10H14ClN3/c11-8-3-1-2-4-9(8)14-10-5-6-12-7-13-10/h5-9H,1-4H2,(H,12,13,14). The first kappa shape index (κ1) is 9.71. The van der Waals surface area contributed by atoms with E-state index in [2.05, 4.69) is 15.3 Å². The predicted octanol–water partition coefficient (Wildman–Crippen LogP) is 2.44. The van der Waals surface area contributed by atoms with Gasteiger partial charge in [-0.3, -0.25) is 0 Å². The lowest BCUT2D eigenvalue weighted by molar-refractivity contribution is 0.468. The topological polar surface area (TPSA) is 37.8 Å². The van der Waals surface area contributed by atoms with Gasteiger partial charge < -0.3 is 5.32 Å². The Morgan fingerprint density at radius 2 is 2.21 bits per heavy atom. The molecule has 1 aliphatic rings. The molecule has 0 aromatic carbocycles. The van der Waals surface area contributed by atoms with Crippen LogP contribution in [0.15, 0.2) is 18.6 Å². The van der Waals surface area contributed by atoms with Gasteiger partial charge >= 0.3 is 0 Å². The molecule has 0 bridgehead atoms. The molecule has 0 radical (unpaired) electrons. The summed E-state index contributed by atoms with van der Waals surface area (Å²) in [6.07, 6.45) is 8.03. The van der Waals surface area contributed by atoms with Crippen LogP contribution in [0.3, 0.4) is 0 Å². The molecule has 1 N–H and O–H groups in total. The summed E-state index contributed by atoms with van der Waals surface area (Å²) in [7, 11) is 0. The lowest BCUT2D eigenvalue weighted by atomic mass is 9.95. The second kappa shape index (κ2) is 4.60. The molecule has 2 rings (SSSR count). The second-order valence-corrected chi connectivity index (χ2v) is 4.21. The molecule has 1 aliphatic carbocycles. The van der Waals surface area contributed by atoms with Crippen LogP contribution in [0.1, 0.15) is 25.7 Å². The molecule has 2 atom stereocenters. The number of halogens is 1. The summed E-state index contributed by atoms with van der Waals surface area (Å²) >= 11 is 6.23. The summed E-state index contributed by atoms with van der Waals surface area (Å²) in [5, 5.41) is 3.58. The zero-order valence-electron chi connectivity index (χ0n) is 7.99. The van der Waals surface area contributed by atoms with Crippen LogP contribution >= 0.6 is 11.6 Å². The Labute approximate surface area is 88.9 Å². The Hall–Kier alpha value is -0.830. The van der Waals surface area contributed by atoms with E-state index in [9.17, 15) is 0 Å². The molecule has 1 saturated carbocycles. The van der Waals surface area contributed by atoms with Crippen molar-refractivity contribution in [2.24, 2.45) is 0 Å². The van der Waals surface area contributed by atoms with Gasteiger partial charge in [0.15, 0.2) is 0 Å². The summed E-state index contributed by atoms with van der Waals surface area (Å²) in [6, 6.07) is 2.23. The number of aromatic nitrogens is 2. The second-order valence-electron chi connectivity index (χ2n) is 3.65. The first-order valence-electron chi connectivity index (χ1n) is 5.03. The van der Waals surface area contributed by atoms with Crippen molar-refractivity contribution in [1.82, 2.24) is 9.97 Å². The molecule has 0 amide bonds. The molecular formula is C10H14ClN3. The fourth-order valence-corrected chi connectivity index (χ4v) is 2.16. The summed E-state index contributed by atoms with van der Waals surface area (Å²) in [6.45, 7) is 0. The molecule has 0 saturated heterocycles. The number of anilines is 1. The van der Waals surface area contributed by atoms with Gasteiger partial charge in [0.25, 0.3) is 0 Å². The van der Waals surface area contributed by atoms with Gasteiger partial charge in [0, 0.05) is 12.2 Å². The number of hydrogen-bond acceptors (Lipinski definition) is 3. The zero-order valence-corrected chi connectivity index (χ0v) is 8.74. The van der Waals surface area contributed by atoms with E-state index >= 15 is 0 Å². The van der Waals surface area contributed by atoms with E-state index in [1.165, 1.54) is 12.8 Å². The monoisotopic (exact) mass is 211 g/mol. The van der Waals surface area contributed by atoms with E-state index in [-0.39, 0.29) is 5.38 Å². The maximum atomic E-state index is 6.23. The maximum absolute atomic E-state index is 6.23. The Bertz CT molecular complexity index is 278. The van der Waals surface area contributed by atoms with Gasteiger partial charge in [0.05, 0.1) is 5.38 Å². The Morgan fingerprint density at radius 1 is 1.36 bits per heavy atom. The van der Waals surface area contributed by atoms with Crippen LogP contribution in [0, 0.1) is 0 Å². The Morgan fingerprint density at radius 3 is 2.93 bits per heavy atom. The van der Waals surface area contributed by atoms with Crippen molar-refractivity contribution in [3.05, 3.63) is 18.6 Å². The summed E-state index contributed by atoms with van der Waals surface area (Å²) < 4.78 is 0. The fourth-order valence-electron chi connectivity index (χ4n) is 1.81. The summed E-state index contributed by atoms with van der Waals surface area (Å²) in [5.74, 6) is 0.873. The summed E-state index contributed by atoms with van der Waals surface area (Å²) in [5.41, 5.74) is 0. The fraction of sp³-hybridized carbons (Fsp3) is 0.600. The molecular weight excluding hydrogens is 198 g/mol. The number of nitrogens with zero attached hydrogens (tertiary/aromatic N) is 2. The highest BCUT2D eigenvalue weighted by Gasteiger charge is 2.22. The molecule has 1 fully saturated rings. The van der Waals surface area contributed by atoms with Crippen molar-refractivity contribution < 1.29 is 0 Å². The highest BCUT2D eigenvalue weighted by atomic mass is 35.5. The molecule has 0 spiro atoms. The molecule has 1 aromatic rings. The molecule has 2 unspecified atom stereocenters. The minimum absolute atomic E-state index is 0.235. The van der Waals surface area contributed by atoms with Crippen molar-refractivity contribution >= 4 is 17.4 Å². The highest BCUT2D eigenvalue weighted by Crippen LogP contribution is 2.25. The minimum atomic E-state index is 0.235. The first-order valence-corrected chi connectivity index (χ1v) is 5.46. The van der Waals surface area contributed by atoms with Crippen LogP contribution in [-0.2, 0) is 0 Å². The Balaban J connectivity index is 1.96. The van der Waals surface area contributed by atoms with Crippen LogP contribution < -0.4 is 5.32 Å².